The van der Waals surface area contributed by atoms with E-state index in [0.717, 1.165) is 5.56 Å². The lowest BCUT2D eigenvalue weighted by molar-refractivity contribution is -0.384. The molecular weight excluding hydrogens is 318 g/mol. The molecule has 0 heterocycles. The molecule has 0 aliphatic heterocycles. The summed E-state index contributed by atoms with van der Waals surface area (Å²) in [5, 5.41) is 17.0. The summed E-state index contributed by atoms with van der Waals surface area (Å²) < 4.78 is 0. The molecular formula is C16H16ClN3O3. The molecule has 2 aromatic carbocycles. The van der Waals surface area contributed by atoms with E-state index in [1.54, 1.807) is 12.1 Å². The van der Waals surface area contributed by atoms with Crippen LogP contribution in [0, 0.1) is 10.1 Å². The number of amides is 1. The van der Waals surface area contributed by atoms with Crippen molar-refractivity contribution in [2.75, 3.05) is 11.9 Å². The van der Waals surface area contributed by atoms with Crippen molar-refractivity contribution in [3.63, 3.8) is 0 Å². The largest absolute Gasteiger partial charge is 0.325 e. The Morgan fingerprint density at radius 2 is 1.78 bits per heavy atom. The van der Waals surface area contributed by atoms with Crippen molar-refractivity contribution in [3.05, 3.63) is 69.2 Å². The molecule has 1 atom stereocenters. The van der Waals surface area contributed by atoms with Gasteiger partial charge in [-0.2, -0.15) is 0 Å². The third kappa shape index (κ3) is 5.05. The second-order valence-electron chi connectivity index (χ2n) is 5.01. The van der Waals surface area contributed by atoms with E-state index in [1.165, 1.54) is 24.3 Å². The summed E-state index contributed by atoms with van der Waals surface area (Å²) in [6.07, 6.45) is 0. The zero-order chi connectivity index (χ0) is 16.8. The van der Waals surface area contributed by atoms with Crippen LogP contribution in [0.2, 0.25) is 5.02 Å². The summed E-state index contributed by atoms with van der Waals surface area (Å²) in [6.45, 7) is 2.07. The van der Waals surface area contributed by atoms with E-state index in [0.29, 0.717) is 10.7 Å². The third-order valence-electron chi connectivity index (χ3n) is 3.30. The Bertz CT molecular complexity index is 687. The first-order chi connectivity index (χ1) is 11.0. The molecule has 2 aromatic rings. The van der Waals surface area contributed by atoms with E-state index >= 15 is 0 Å². The second-order valence-corrected chi connectivity index (χ2v) is 5.44. The molecule has 0 aromatic heterocycles. The highest BCUT2D eigenvalue weighted by Crippen LogP contribution is 2.17. The number of carbonyl (C=O) groups excluding carboxylic acids is 1. The summed E-state index contributed by atoms with van der Waals surface area (Å²) in [5.74, 6) is -0.223. The fourth-order valence-corrected chi connectivity index (χ4v) is 2.11. The zero-order valence-electron chi connectivity index (χ0n) is 12.5. The molecule has 0 radical (unpaired) electrons. The van der Waals surface area contributed by atoms with Crippen molar-refractivity contribution in [1.29, 1.82) is 0 Å². The first kappa shape index (κ1) is 16.9. The molecule has 0 unspecified atom stereocenters. The summed E-state index contributed by atoms with van der Waals surface area (Å²) in [6, 6.07) is 13.1. The Labute approximate surface area is 138 Å². The van der Waals surface area contributed by atoms with Gasteiger partial charge in [0.15, 0.2) is 0 Å². The van der Waals surface area contributed by atoms with Gasteiger partial charge in [-0.25, -0.2) is 0 Å². The average Bonchev–Trinajstić information content (AvgIpc) is 2.54. The number of rotatable bonds is 6. The minimum Gasteiger partial charge on any atom is -0.325 e. The van der Waals surface area contributed by atoms with Crippen LogP contribution in [-0.2, 0) is 4.79 Å². The molecule has 0 saturated carbocycles. The zero-order valence-corrected chi connectivity index (χ0v) is 13.2. The molecule has 0 spiro atoms. The van der Waals surface area contributed by atoms with Gasteiger partial charge in [0.1, 0.15) is 0 Å². The van der Waals surface area contributed by atoms with Gasteiger partial charge in [0, 0.05) is 28.9 Å². The van der Waals surface area contributed by atoms with Crippen molar-refractivity contribution in [2.24, 2.45) is 0 Å². The van der Waals surface area contributed by atoms with Crippen LogP contribution in [0.25, 0.3) is 0 Å². The molecule has 2 rings (SSSR count). The van der Waals surface area contributed by atoms with Gasteiger partial charge in [0.25, 0.3) is 5.69 Å². The summed E-state index contributed by atoms with van der Waals surface area (Å²) >= 11 is 5.84. The molecule has 0 aliphatic carbocycles. The number of non-ortho nitro benzene ring substituents is 1. The Balaban J connectivity index is 1.84. The second kappa shape index (κ2) is 7.71. The Kier molecular flexibility index (Phi) is 5.67. The SMILES string of the molecule is C[C@@H](NCC(=O)Nc1ccc([N+](=O)[O-])cc1)c1ccc(Cl)cc1. The molecule has 0 bridgehead atoms. The minimum atomic E-state index is -0.485. The van der Waals surface area contributed by atoms with Gasteiger partial charge in [-0.05, 0) is 36.8 Å². The highest BCUT2D eigenvalue weighted by Gasteiger charge is 2.09. The van der Waals surface area contributed by atoms with E-state index in [-0.39, 0.29) is 24.2 Å². The molecule has 2 N–H and O–H groups in total. The van der Waals surface area contributed by atoms with E-state index < -0.39 is 4.92 Å². The maximum atomic E-state index is 11.9. The lowest BCUT2D eigenvalue weighted by Gasteiger charge is -2.14. The summed E-state index contributed by atoms with van der Waals surface area (Å²) in [4.78, 5) is 22.0. The van der Waals surface area contributed by atoms with Gasteiger partial charge >= 0.3 is 0 Å². The van der Waals surface area contributed by atoms with E-state index in [1.807, 2.05) is 19.1 Å². The molecule has 23 heavy (non-hydrogen) atoms. The number of nitro groups is 1. The molecule has 6 nitrogen and oxygen atoms in total. The number of nitro benzene ring substituents is 1. The molecule has 0 saturated heterocycles. The van der Waals surface area contributed by atoms with Crippen LogP contribution in [0.4, 0.5) is 11.4 Å². The minimum absolute atomic E-state index is 0.00474. The van der Waals surface area contributed by atoms with E-state index in [9.17, 15) is 14.9 Å². The third-order valence-corrected chi connectivity index (χ3v) is 3.55. The van der Waals surface area contributed by atoms with E-state index in [4.69, 9.17) is 11.6 Å². The molecule has 0 aliphatic rings. The summed E-state index contributed by atoms with van der Waals surface area (Å²) in [7, 11) is 0. The van der Waals surface area contributed by atoms with Crippen molar-refractivity contribution in [2.45, 2.75) is 13.0 Å². The van der Waals surface area contributed by atoms with Crippen LogP contribution in [0.15, 0.2) is 48.5 Å². The molecule has 7 heteroatoms. The Hall–Kier alpha value is -2.44. The fourth-order valence-electron chi connectivity index (χ4n) is 1.99. The van der Waals surface area contributed by atoms with Crippen LogP contribution in [0.3, 0.4) is 0 Å². The van der Waals surface area contributed by atoms with Crippen LogP contribution in [0.1, 0.15) is 18.5 Å². The number of hydrogen-bond donors (Lipinski definition) is 2. The first-order valence-corrected chi connectivity index (χ1v) is 7.36. The van der Waals surface area contributed by atoms with Gasteiger partial charge in [0.05, 0.1) is 11.5 Å². The monoisotopic (exact) mass is 333 g/mol. The molecule has 120 valence electrons. The van der Waals surface area contributed by atoms with E-state index in [2.05, 4.69) is 10.6 Å². The van der Waals surface area contributed by atoms with Crippen molar-refractivity contribution >= 4 is 28.9 Å². The van der Waals surface area contributed by atoms with Crippen molar-refractivity contribution < 1.29 is 9.72 Å². The average molecular weight is 334 g/mol. The van der Waals surface area contributed by atoms with Crippen molar-refractivity contribution in [1.82, 2.24) is 5.32 Å². The van der Waals surface area contributed by atoms with Gasteiger partial charge in [0.2, 0.25) is 5.91 Å². The maximum Gasteiger partial charge on any atom is 0.269 e. The highest BCUT2D eigenvalue weighted by molar-refractivity contribution is 6.30. The number of nitrogens with one attached hydrogen (secondary N) is 2. The molecule has 1 amide bonds. The van der Waals surface area contributed by atoms with Crippen molar-refractivity contribution in [3.8, 4) is 0 Å². The number of carbonyl (C=O) groups is 1. The van der Waals surface area contributed by atoms with Gasteiger partial charge in [-0.3, -0.25) is 14.9 Å². The normalized spacial score (nSPS) is 11.7. The number of nitrogens with zero attached hydrogens (tertiary/aromatic N) is 1. The van der Waals surface area contributed by atoms with Crippen LogP contribution >= 0.6 is 11.6 Å². The van der Waals surface area contributed by atoms with Gasteiger partial charge in [-0.1, -0.05) is 23.7 Å². The highest BCUT2D eigenvalue weighted by atomic mass is 35.5. The molecule has 0 fully saturated rings. The fraction of sp³-hybridized carbons (Fsp3) is 0.188. The Morgan fingerprint density at radius 3 is 2.35 bits per heavy atom. The van der Waals surface area contributed by atoms with Crippen LogP contribution in [-0.4, -0.2) is 17.4 Å². The standard InChI is InChI=1S/C16H16ClN3O3/c1-11(12-2-4-13(17)5-3-12)18-10-16(21)19-14-6-8-15(9-7-14)20(22)23/h2-9,11,18H,10H2,1H3,(H,19,21)/t11-/m1/s1. The summed E-state index contributed by atoms with van der Waals surface area (Å²) in [5.41, 5.74) is 1.52. The predicted octanol–water partition coefficient (Wildman–Crippen LogP) is 3.54. The lowest BCUT2D eigenvalue weighted by atomic mass is 10.1. The lowest BCUT2D eigenvalue weighted by Crippen LogP contribution is -2.30. The van der Waals surface area contributed by atoms with Gasteiger partial charge < -0.3 is 10.6 Å². The Morgan fingerprint density at radius 1 is 1.17 bits per heavy atom. The number of benzene rings is 2. The predicted molar refractivity (Wildman–Crippen MR) is 89.6 cm³/mol. The number of anilines is 1. The maximum absolute atomic E-state index is 11.9. The quantitative estimate of drug-likeness (QED) is 0.625. The number of hydrogen-bond acceptors (Lipinski definition) is 4. The van der Waals surface area contributed by atoms with Gasteiger partial charge in [-0.15, -0.1) is 0 Å². The topological polar surface area (TPSA) is 84.3 Å². The number of halogens is 1. The first-order valence-electron chi connectivity index (χ1n) is 6.99. The smallest absolute Gasteiger partial charge is 0.269 e. The van der Waals surface area contributed by atoms with Crippen LogP contribution < -0.4 is 10.6 Å². The van der Waals surface area contributed by atoms with Crippen LogP contribution in [0.5, 0.6) is 0 Å².